The van der Waals surface area contributed by atoms with Gasteiger partial charge >= 0.3 is 0 Å². The molecule has 0 heterocycles. The molecule has 0 aliphatic heterocycles. The van der Waals surface area contributed by atoms with E-state index in [0.29, 0.717) is 11.3 Å². The molecule has 1 aromatic rings. The maximum atomic E-state index is 11.8. The first-order valence-electron chi connectivity index (χ1n) is 6.03. The first kappa shape index (κ1) is 12.7. The third-order valence-electron chi connectivity index (χ3n) is 3.18. The lowest BCUT2D eigenvalue weighted by Crippen LogP contribution is -2.39. The summed E-state index contributed by atoms with van der Waals surface area (Å²) < 4.78 is 0. The van der Waals surface area contributed by atoms with E-state index in [1.165, 1.54) is 4.90 Å². The smallest absolute Gasteiger partial charge is 0.253 e. The van der Waals surface area contributed by atoms with E-state index >= 15 is 0 Å². The lowest BCUT2D eigenvalue weighted by Gasteiger charge is -2.33. The second-order valence-corrected chi connectivity index (χ2v) is 4.97. The van der Waals surface area contributed by atoms with Crippen molar-refractivity contribution < 1.29 is 9.90 Å². The molecule has 1 saturated carbocycles. The zero-order chi connectivity index (χ0) is 13.3. The van der Waals surface area contributed by atoms with Crippen LogP contribution in [0.5, 0.6) is 0 Å². The molecule has 5 nitrogen and oxygen atoms in total. The molecule has 18 heavy (non-hydrogen) atoms. The molecule has 0 atom stereocenters. The number of amides is 1. The highest BCUT2D eigenvalue weighted by Gasteiger charge is 2.27. The van der Waals surface area contributed by atoms with Crippen LogP contribution in [0.2, 0.25) is 0 Å². The molecule has 0 unspecified atom stereocenters. The van der Waals surface area contributed by atoms with Gasteiger partial charge in [-0.25, -0.2) is 0 Å². The highest BCUT2D eigenvalue weighted by molar-refractivity contribution is 5.95. The monoisotopic (exact) mass is 249 g/mol. The van der Waals surface area contributed by atoms with Gasteiger partial charge in [-0.3, -0.25) is 4.79 Å². The van der Waals surface area contributed by atoms with Gasteiger partial charge in [-0.05, 0) is 31.0 Å². The summed E-state index contributed by atoms with van der Waals surface area (Å²) in [4.78, 5) is 13.4. The molecular formula is C13H19N3O2. The van der Waals surface area contributed by atoms with E-state index in [2.05, 4.69) is 5.32 Å². The number of carbonyl (C=O) groups excluding carboxylic acids is 1. The SMILES string of the molecule is CN(C)C(=O)c1ccc(N)c(NC2CC(O)C2)c1. The Morgan fingerprint density at radius 1 is 1.44 bits per heavy atom. The van der Waals surface area contributed by atoms with E-state index in [4.69, 9.17) is 5.73 Å². The summed E-state index contributed by atoms with van der Waals surface area (Å²) in [7, 11) is 3.43. The minimum atomic E-state index is -0.213. The number of nitrogens with one attached hydrogen (secondary N) is 1. The Morgan fingerprint density at radius 3 is 2.67 bits per heavy atom. The van der Waals surface area contributed by atoms with Gasteiger partial charge in [-0.15, -0.1) is 0 Å². The van der Waals surface area contributed by atoms with Crippen molar-refractivity contribution in [1.29, 1.82) is 0 Å². The summed E-state index contributed by atoms with van der Waals surface area (Å²) in [5.74, 6) is -0.0494. The normalized spacial score (nSPS) is 22.2. The van der Waals surface area contributed by atoms with E-state index in [1.807, 2.05) is 0 Å². The minimum Gasteiger partial charge on any atom is -0.397 e. The number of hydrogen-bond donors (Lipinski definition) is 3. The number of nitrogens with two attached hydrogens (primary N) is 1. The van der Waals surface area contributed by atoms with Gasteiger partial charge in [0.15, 0.2) is 0 Å². The van der Waals surface area contributed by atoms with Crippen LogP contribution < -0.4 is 11.1 Å². The molecule has 0 radical (unpaired) electrons. The van der Waals surface area contributed by atoms with E-state index < -0.39 is 0 Å². The number of nitrogens with zero attached hydrogens (tertiary/aromatic N) is 1. The number of nitrogen functional groups attached to an aromatic ring is 1. The van der Waals surface area contributed by atoms with Crippen LogP contribution in [0.4, 0.5) is 11.4 Å². The molecule has 1 aromatic carbocycles. The average molecular weight is 249 g/mol. The molecule has 2 rings (SSSR count). The van der Waals surface area contributed by atoms with Gasteiger partial charge in [0.2, 0.25) is 0 Å². The van der Waals surface area contributed by atoms with Crippen molar-refractivity contribution in [2.45, 2.75) is 25.0 Å². The van der Waals surface area contributed by atoms with Crippen molar-refractivity contribution in [1.82, 2.24) is 4.90 Å². The van der Waals surface area contributed by atoms with Gasteiger partial charge in [-0.1, -0.05) is 0 Å². The Balaban J connectivity index is 2.14. The van der Waals surface area contributed by atoms with E-state index in [9.17, 15) is 9.90 Å². The topological polar surface area (TPSA) is 78.6 Å². The molecule has 4 N–H and O–H groups in total. The van der Waals surface area contributed by atoms with Crippen molar-refractivity contribution in [2.75, 3.05) is 25.1 Å². The van der Waals surface area contributed by atoms with Crippen LogP contribution in [-0.2, 0) is 0 Å². The highest BCUT2D eigenvalue weighted by atomic mass is 16.3. The van der Waals surface area contributed by atoms with Crippen LogP contribution in [0, 0.1) is 0 Å². The minimum absolute atomic E-state index is 0.0494. The van der Waals surface area contributed by atoms with E-state index in [0.717, 1.165) is 18.5 Å². The maximum absolute atomic E-state index is 11.8. The van der Waals surface area contributed by atoms with Gasteiger partial charge in [0.1, 0.15) is 0 Å². The fraction of sp³-hybridized carbons (Fsp3) is 0.462. The Hall–Kier alpha value is -1.75. The van der Waals surface area contributed by atoms with Crippen LogP contribution >= 0.6 is 0 Å². The number of hydrogen-bond acceptors (Lipinski definition) is 4. The lowest BCUT2D eigenvalue weighted by atomic mass is 9.89. The van der Waals surface area contributed by atoms with Gasteiger partial charge in [-0.2, -0.15) is 0 Å². The molecule has 0 spiro atoms. The first-order chi connectivity index (χ1) is 8.47. The molecule has 0 aromatic heterocycles. The van der Waals surface area contributed by atoms with Crippen LogP contribution in [0.25, 0.3) is 0 Å². The second kappa shape index (κ2) is 4.86. The van der Waals surface area contributed by atoms with Gasteiger partial charge in [0, 0.05) is 25.7 Å². The molecule has 1 aliphatic carbocycles. The standard InChI is InChI=1S/C13H19N3O2/c1-16(2)13(18)8-3-4-11(14)12(5-8)15-9-6-10(17)7-9/h3-5,9-10,15,17H,6-7,14H2,1-2H3. The summed E-state index contributed by atoms with van der Waals surface area (Å²) in [6.45, 7) is 0. The van der Waals surface area contributed by atoms with Gasteiger partial charge < -0.3 is 21.1 Å². The lowest BCUT2D eigenvalue weighted by molar-refractivity contribution is 0.0822. The third kappa shape index (κ3) is 2.56. The predicted octanol–water partition coefficient (Wildman–Crippen LogP) is 0.906. The number of aliphatic hydroxyl groups excluding tert-OH is 1. The van der Waals surface area contributed by atoms with Crippen molar-refractivity contribution in [3.63, 3.8) is 0 Å². The summed E-state index contributed by atoms with van der Waals surface area (Å²) >= 11 is 0. The molecule has 0 saturated heterocycles. The highest BCUT2D eigenvalue weighted by Crippen LogP contribution is 2.28. The predicted molar refractivity (Wildman–Crippen MR) is 71.5 cm³/mol. The first-order valence-corrected chi connectivity index (χ1v) is 6.03. The average Bonchev–Trinajstić information content (AvgIpc) is 2.28. The summed E-state index contributed by atoms with van der Waals surface area (Å²) in [5.41, 5.74) is 7.87. The van der Waals surface area contributed by atoms with Crippen molar-refractivity contribution in [3.05, 3.63) is 23.8 Å². The Kier molecular flexibility index (Phi) is 3.43. The molecule has 5 heteroatoms. The van der Waals surface area contributed by atoms with Crippen LogP contribution in [0.1, 0.15) is 23.2 Å². The number of carbonyl (C=O) groups is 1. The van der Waals surface area contributed by atoms with Gasteiger partial charge in [0.05, 0.1) is 17.5 Å². The number of rotatable bonds is 3. The number of benzene rings is 1. The Bertz CT molecular complexity index is 454. The molecule has 1 fully saturated rings. The second-order valence-electron chi connectivity index (χ2n) is 4.97. The van der Waals surface area contributed by atoms with E-state index in [1.54, 1.807) is 32.3 Å². The summed E-state index contributed by atoms with van der Waals surface area (Å²) in [6.07, 6.45) is 1.24. The summed E-state index contributed by atoms with van der Waals surface area (Å²) in [6, 6.07) is 5.46. The Labute approximate surface area is 107 Å². The van der Waals surface area contributed by atoms with E-state index in [-0.39, 0.29) is 18.1 Å². The van der Waals surface area contributed by atoms with Crippen molar-refractivity contribution in [3.8, 4) is 0 Å². The molecule has 98 valence electrons. The van der Waals surface area contributed by atoms with Crippen LogP contribution in [0.15, 0.2) is 18.2 Å². The number of anilines is 2. The third-order valence-corrected chi connectivity index (χ3v) is 3.18. The maximum Gasteiger partial charge on any atom is 0.253 e. The molecular weight excluding hydrogens is 230 g/mol. The zero-order valence-corrected chi connectivity index (χ0v) is 10.7. The molecule has 1 amide bonds. The number of aliphatic hydroxyl groups is 1. The molecule has 0 bridgehead atoms. The largest absolute Gasteiger partial charge is 0.397 e. The van der Waals surface area contributed by atoms with Crippen molar-refractivity contribution in [2.24, 2.45) is 0 Å². The Morgan fingerprint density at radius 2 is 2.11 bits per heavy atom. The summed E-state index contributed by atoms with van der Waals surface area (Å²) in [5, 5.41) is 12.5. The van der Waals surface area contributed by atoms with Crippen LogP contribution in [0.3, 0.4) is 0 Å². The quantitative estimate of drug-likeness (QED) is 0.696. The fourth-order valence-corrected chi connectivity index (χ4v) is 2.00. The van der Waals surface area contributed by atoms with Crippen molar-refractivity contribution >= 4 is 17.3 Å². The van der Waals surface area contributed by atoms with Gasteiger partial charge in [0.25, 0.3) is 5.91 Å². The zero-order valence-electron chi connectivity index (χ0n) is 10.7. The fourth-order valence-electron chi connectivity index (χ4n) is 2.00. The van der Waals surface area contributed by atoms with Crippen LogP contribution in [-0.4, -0.2) is 42.2 Å². The molecule has 1 aliphatic rings.